The molecule has 0 aromatic heterocycles. The monoisotopic (exact) mass is 319 g/mol. The maximum Gasteiger partial charge on any atom is 0.226 e. The molecule has 0 bridgehead atoms. The Bertz CT molecular complexity index is 552. The molecule has 0 aliphatic carbocycles. The van der Waals surface area contributed by atoms with E-state index in [0.29, 0.717) is 32.5 Å². The van der Waals surface area contributed by atoms with Crippen LogP contribution in [0.2, 0.25) is 0 Å². The number of ether oxygens (including phenoxy) is 2. The molecule has 1 unspecified atom stereocenters. The van der Waals surface area contributed by atoms with E-state index in [-0.39, 0.29) is 17.6 Å². The smallest absolute Gasteiger partial charge is 0.226 e. The molecule has 2 fully saturated rings. The van der Waals surface area contributed by atoms with E-state index in [1.165, 1.54) is 0 Å². The van der Waals surface area contributed by atoms with Crippen molar-refractivity contribution in [2.75, 3.05) is 26.8 Å². The number of hydrogen-bond donors (Lipinski definition) is 1. The molecule has 126 valence electrons. The number of amides is 1. The zero-order valence-corrected chi connectivity index (χ0v) is 13.7. The number of aliphatic hydroxyl groups excluding tert-OH is 1. The second-order valence-electron chi connectivity index (χ2n) is 6.59. The summed E-state index contributed by atoms with van der Waals surface area (Å²) in [4.78, 5) is 14.4. The molecule has 3 rings (SSSR count). The quantitative estimate of drug-likeness (QED) is 0.922. The molecule has 1 aromatic carbocycles. The van der Waals surface area contributed by atoms with Crippen LogP contribution in [0.25, 0.3) is 0 Å². The number of nitrogens with zero attached hydrogens (tertiary/aromatic N) is 1. The third kappa shape index (κ3) is 3.85. The second-order valence-corrected chi connectivity index (χ2v) is 6.59. The van der Waals surface area contributed by atoms with Gasteiger partial charge in [-0.3, -0.25) is 4.79 Å². The highest BCUT2D eigenvalue weighted by Crippen LogP contribution is 2.35. The van der Waals surface area contributed by atoms with Crippen molar-refractivity contribution in [2.45, 2.75) is 43.8 Å². The highest BCUT2D eigenvalue weighted by molar-refractivity contribution is 5.79. The molecule has 2 aliphatic rings. The molecule has 1 aromatic rings. The Labute approximate surface area is 137 Å². The first kappa shape index (κ1) is 16.3. The molecule has 0 saturated carbocycles. The minimum atomic E-state index is -0.261. The largest absolute Gasteiger partial charge is 0.497 e. The van der Waals surface area contributed by atoms with E-state index >= 15 is 0 Å². The first-order valence-corrected chi connectivity index (χ1v) is 8.33. The van der Waals surface area contributed by atoms with Crippen LogP contribution in [0, 0.1) is 0 Å². The van der Waals surface area contributed by atoms with Crippen LogP contribution >= 0.6 is 0 Å². The van der Waals surface area contributed by atoms with Crippen LogP contribution in [0.1, 0.15) is 31.2 Å². The maximum absolute atomic E-state index is 12.5. The highest BCUT2D eigenvalue weighted by Gasteiger charge is 2.40. The summed E-state index contributed by atoms with van der Waals surface area (Å²) in [6.45, 7) is 2.03. The van der Waals surface area contributed by atoms with Crippen LogP contribution < -0.4 is 4.74 Å². The summed E-state index contributed by atoms with van der Waals surface area (Å²) >= 11 is 0. The van der Waals surface area contributed by atoms with Crippen molar-refractivity contribution in [1.29, 1.82) is 0 Å². The predicted molar refractivity (Wildman–Crippen MR) is 86.4 cm³/mol. The fourth-order valence-electron chi connectivity index (χ4n) is 3.58. The van der Waals surface area contributed by atoms with Gasteiger partial charge in [0.05, 0.1) is 25.2 Å². The van der Waals surface area contributed by atoms with Crippen molar-refractivity contribution >= 4 is 5.91 Å². The zero-order valence-electron chi connectivity index (χ0n) is 13.7. The lowest BCUT2D eigenvalue weighted by molar-refractivity contribution is -0.153. The van der Waals surface area contributed by atoms with E-state index in [1.807, 2.05) is 29.2 Å². The third-order valence-electron chi connectivity index (χ3n) is 4.98. The standard InChI is InChI=1S/C18H25NO4/c1-22-16-4-2-3-14(11-16)12-17(21)19-8-6-18(7-9-19)13-15(20)5-10-23-18/h2-4,11,15,20H,5-10,12-13H2,1H3. The molecule has 1 N–H and O–H groups in total. The van der Waals surface area contributed by atoms with Gasteiger partial charge in [0.2, 0.25) is 5.91 Å². The number of benzene rings is 1. The van der Waals surface area contributed by atoms with Crippen LogP contribution in [0.4, 0.5) is 0 Å². The van der Waals surface area contributed by atoms with Crippen LogP contribution in [-0.2, 0) is 16.0 Å². The molecular weight excluding hydrogens is 294 g/mol. The lowest BCUT2D eigenvalue weighted by Gasteiger charge is -2.45. The molecule has 0 radical (unpaired) electrons. The van der Waals surface area contributed by atoms with E-state index in [0.717, 1.165) is 30.6 Å². The molecule has 5 heteroatoms. The highest BCUT2D eigenvalue weighted by atomic mass is 16.5. The Balaban J connectivity index is 1.55. The van der Waals surface area contributed by atoms with Crippen LogP contribution in [0.15, 0.2) is 24.3 Å². The molecule has 1 atom stereocenters. The number of carbonyl (C=O) groups is 1. The van der Waals surface area contributed by atoms with Crippen LogP contribution in [0.3, 0.4) is 0 Å². The van der Waals surface area contributed by atoms with Gasteiger partial charge in [0.25, 0.3) is 0 Å². The van der Waals surface area contributed by atoms with E-state index in [4.69, 9.17) is 9.47 Å². The van der Waals surface area contributed by atoms with Gasteiger partial charge in [-0.25, -0.2) is 0 Å². The van der Waals surface area contributed by atoms with Gasteiger partial charge in [-0.15, -0.1) is 0 Å². The minimum absolute atomic E-state index is 0.143. The van der Waals surface area contributed by atoms with Crippen LogP contribution in [0.5, 0.6) is 5.75 Å². The van der Waals surface area contributed by atoms with Gasteiger partial charge in [0, 0.05) is 26.1 Å². The summed E-state index contributed by atoms with van der Waals surface area (Å²) in [5.74, 6) is 0.918. The first-order valence-electron chi connectivity index (χ1n) is 8.33. The zero-order chi connectivity index (χ0) is 16.3. The van der Waals surface area contributed by atoms with Crippen molar-refractivity contribution in [1.82, 2.24) is 4.90 Å². The van der Waals surface area contributed by atoms with Crippen molar-refractivity contribution in [2.24, 2.45) is 0 Å². The van der Waals surface area contributed by atoms with E-state index < -0.39 is 0 Å². The van der Waals surface area contributed by atoms with Gasteiger partial charge in [-0.1, -0.05) is 12.1 Å². The molecule has 1 amide bonds. The maximum atomic E-state index is 12.5. The average molecular weight is 319 g/mol. The van der Waals surface area contributed by atoms with Crippen molar-refractivity contribution < 1.29 is 19.4 Å². The number of likely N-dealkylation sites (tertiary alicyclic amines) is 1. The lowest BCUT2D eigenvalue weighted by Crippen LogP contribution is -2.51. The summed E-state index contributed by atoms with van der Waals surface area (Å²) in [5, 5.41) is 9.87. The number of hydrogen-bond acceptors (Lipinski definition) is 4. The number of methoxy groups -OCH3 is 1. The molecule has 2 heterocycles. The van der Waals surface area contributed by atoms with Gasteiger partial charge < -0.3 is 19.5 Å². The Morgan fingerprint density at radius 3 is 2.91 bits per heavy atom. The molecule has 5 nitrogen and oxygen atoms in total. The topological polar surface area (TPSA) is 59.0 Å². The number of piperidine rings is 1. The summed E-state index contributed by atoms with van der Waals surface area (Å²) in [5.41, 5.74) is 0.753. The average Bonchev–Trinajstić information content (AvgIpc) is 2.55. The SMILES string of the molecule is COc1cccc(CC(=O)N2CCC3(CC2)CC(O)CCO3)c1. The van der Waals surface area contributed by atoms with Gasteiger partial charge in [0.1, 0.15) is 5.75 Å². The molecular formula is C18H25NO4. The van der Waals surface area contributed by atoms with Crippen molar-refractivity contribution in [3.8, 4) is 5.75 Å². The Morgan fingerprint density at radius 1 is 1.43 bits per heavy atom. The van der Waals surface area contributed by atoms with Crippen molar-refractivity contribution in [3.05, 3.63) is 29.8 Å². The fourth-order valence-corrected chi connectivity index (χ4v) is 3.58. The van der Waals surface area contributed by atoms with Crippen LogP contribution in [-0.4, -0.2) is 54.4 Å². The van der Waals surface area contributed by atoms with E-state index in [1.54, 1.807) is 7.11 Å². The predicted octanol–water partition coefficient (Wildman–Crippen LogP) is 1.77. The minimum Gasteiger partial charge on any atom is -0.497 e. The molecule has 23 heavy (non-hydrogen) atoms. The number of aliphatic hydroxyl groups is 1. The van der Waals surface area contributed by atoms with E-state index in [2.05, 4.69) is 0 Å². The molecule has 2 aliphatic heterocycles. The van der Waals surface area contributed by atoms with Gasteiger partial charge in [0.15, 0.2) is 0 Å². The third-order valence-corrected chi connectivity index (χ3v) is 4.98. The van der Waals surface area contributed by atoms with Gasteiger partial charge in [-0.2, -0.15) is 0 Å². The second kappa shape index (κ2) is 6.89. The van der Waals surface area contributed by atoms with Gasteiger partial charge >= 0.3 is 0 Å². The van der Waals surface area contributed by atoms with Crippen molar-refractivity contribution in [3.63, 3.8) is 0 Å². The summed E-state index contributed by atoms with van der Waals surface area (Å²) in [7, 11) is 1.63. The summed E-state index contributed by atoms with van der Waals surface area (Å²) in [6.07, 6.45) is 3.18. The Morgan fingerprint density at radius 2 is 2.22 bits per heavy atom. The molecule has 2 saturated heterocycles. The van der Waals surface area contributed by atoms with E-state index in [9.17, 15) is 9.90 Å². The number of rotatable bonds is 3. The summed E-state index contributed by atoms with van der Waals surface area (Å²) in [6, 6.07) is 7.64. The first-order chi connectivity index (χ1) is 11.1. The van der Waals surface area contributed by atoms with Gasteiger partial charge in [-0.05, 0) is 37.0 Å². The normalized spacial score (nSPS) is 23.7. The summed E-state index contributed by atoms with van der Waals surface area (Å²) < 4.78 is 11.1. The Kier molecular flexibility index (Phi) is 4.87. The molecule has 1 spiro atoms. The Hall–Kier alpha value is -1.59. The number of carbonyl (C=O) groups excluding carboxylic acids is 1. The fraction of sp³-hybridized carbons (Fsp3) is 0.611. The lowest BCUT2D eigenvalue weighted by atomic mass is 9.83.